The molecule has 10 nitrogen and oxygen atoms in total. The highest BCUT2D eigenvalue weighted by Gasteiger charge is 2.43. The summed E-state index contributed by atoms with van der Waals surface area (Å²) in [4.78, 5) is 45.9. The number of amides is 1. The van der Waals surface area contributed by atoms with E-state index in [0.29, 0.717) is 66.4 Å². The van der Waals surface area contributed by atoms with Crippen LogP contribution in [0.1, 0.15) is 64.3 Å². The SMILES string of the molecule is C=CC(=O)N1CC2CN(CCCN(C)C)c3c(c4cc(F)c(-c5c(N)c(Cl)cc(Cl)c5F)c(Cl)c4n(-c4c(C(C)C)ncnc4C(C)C)c3=O)N2CC1C. The van der Waals surface area contributed by atoms with E-state index in [1.807, 2.05) is 53.6 Å². The molecule has 4 heterocycles. The van der Waals surface area contributed by atoms with Gasteiger partial charge in [-0.3, -0.25) is 14.2 Å². The Hall–Kier alpha value is -3.97. The summed E-state index contributed by atoms with van der Waals surface area (Å²) in [7, 11) is 3.96. The smallest absolute Gasteiger partial charge is 0.281 e. The van der Waals surface area contributed by atoms with Gasteiger partial charge in [-0.1, -0.05) is 69.1 Å². The number of nitrogens with zero attached hydrogens (tertiary/aromatic N) is 7. The van der Waals surface area contributed by atoms with Crippen molar-refractivity contribution >= 4 is 68.7 Å². The first-order valence-electron chi connectivity index (χ1n) is 18.0. The number of rotatable bonds is 9. The van der Waals surface area contributed by atoms with Crippen molar-refractivity contribution in [2.24, 2.45) is 0 Å². The number of pyridine rings is 1. The Kier molecular flexibility index (Phi) is 11.2. The van der Waals surface area contributed by atoms with Crippen molar-refractivity contribution in [2.45, 2.75) is 65.0 Å². The van der Waals surface area contributed by atoms with E-state index in [2.05, 4.69) is 26.3 Å². The molecule has 0 radical (unpaired) electrons. The number of nitrogens with two attached hydrogens (primary N) is 1. The van der Waals surface area contributed by atoms with Gasteiger partial charge in [0.2, 0.25) is 5.91 Å². The number of hydrogen-bond acceptors (Lipinski definition) is 8. The molecule has 1 saturated heterocycles. The van der Waals surface area contributed by atoms with Crippen molar-refractivity contribution < 1.29 is 13.6 Å². The van der Waals surface area contributed by atoms with Gasteiger partial charge in [0.1, 0.15) is 17.8 Å². The first kappa shape index (κ1) is 39.7. The van der Waals surface area contributed by atoms with Crippen molar-refractivity contribution in [1.29, 1.82) is 0 Å². The summed E-state index contributed by atoms with van der Waals surface area (Å²) in [5.41, 5.74) is 7.36. The summed E-state index contributed by atoms with van der Waals surface area (Å²) >= 11 is 20.0. The van der Waals surface area contributed by atoms with Crippen LogP contribution in [0.5, 0.6) is 0 Å². The molecule has 4 aromatic rings. The molecule has 2 atom stereocenters. The molecule has 288 valence electrons. The summed E-state index contributed by atoms with van der Waals surface area (Å²) in [5.74, 6) is -2.44. The zero-order valence-corrected chi connectivity index (χ0v) is 33.8. The maximum atomic E-state index is 17.0. The van der Waals surface area contributed by atoms with Gasteiger partial charge in [0.15, 0.2) is 5.82 Å². The van der Waals surface area contributed by atoms with Crippen LogP contribution in [0.2, 0.25) is 15.1 Å². The molecule has 0 spiro atoms. The number of nitrogen functional groups attached to an aromatic ring is 1. The number of carbonyl (C=O) groups is 1. The molecule has 0 bridgehead atoms. The van der Waals surface area contributed by atoms with E-state index < -0.39 is 28.3 Å². The third-order valence-electron chi connectivity index (χ3n) is 10.3. The summed E-state index contributed by atoms with van der Waals surface area (Å²) in [6, 6.07) is 1.88. The normalized spacial score (nSPS) is 17.2. The molecule has 0 aliphatic carbocycles. The largest absolute Gasteiger partial charge is 0.397 e. The highest BCUT2D eigenvalue weighted by atomic mass is 35.5. The van der Waals surface area contributed by atoms with E-state index >= 15 is 13.6 Å². The zero-order valence-electron chi connectivity index (χ0n) is 31.5. The zero-order chi connectivity index (χ0) is 39.5. The summed E-state index contributed by atoms with van der Waals surface area (Å²) in [6.45, 7) is 15.8. The van der Waals surface area contributed by atoms with Crippen molar-refractivity contribution in [1.82, 2.24) is 24.3 Å². The van der Waals surface area contributed by atoms with Gasteiger partial charge in [-0.25, -0.2) is 18.7 Å². The predicted octanol–water partition coefficient (Wildman–Crippen LogP) is 7.88. The van der Waals surface area contributed by atoms with Crippen LogP contribution in [0.25, 0.3) is 27.7 Å². The van der Waals surface area contributed by atoms with Crippen LogP contribution in [0, 0.1) is 11.6 Å². The van der Waals surface area contributed by atoms with E-state index in [1.165, 1.54) is 23.0 Å². The predicted molar refractivity (Wildman–Crippen MR) is 216 cm³/mol. The number of benzene rings is 2. The lowest BCUT2D eigenvalue weighted by Crippen LogP contribution is -2.64. The van der Waals surface area contributed by atoms with E-state index in [-0.39, 0.29) is 56.1 Å². The van der Waals surface area contributed by atoms with E-state index in [0.717, 1.165) is 12.6 Å². The van der Waals surface area contributed by atoms with Gasteiger partial charge in [-0.2, -0.15) is 0 Å². The average molecular weight is 802 g/mol. The minimum Gasteiger partial charge on any atom is -0.397 e. The molecule has 2 aliphatic rings. The number of anilines is 3. The monoisotopic (exact) mass is 800 g/mol. The summed E-state index contributed by atoms with van der Waals surface area (Å²) < 4.78 is 34.5. The number of halogens is 5. The van der Waals surface area contributed by atoms with Gasteiger partial charge < -0.3 is 25.3 Å². The third kappa shape index (κ3) is 6.69. The fourth-order valence-corrected chi connectivity index (χ4v) is 8.65. The lowest BCUT2D eigenvalue weighted by Gasteiger charge is -2.52. The Morgan fingerprint density at radius 2 is 1.65 bits per heavy atom. The Balaban J connectivity index is 1.81. The number of aromatic nitrogens is 3. The van der Waals surface area contributed by atoms with E-state index in [4.69, 9.17) is 40.5 Å². The van der Waals surface area contributed by atoms with Crippen LogP contribution >= 0.6 is 34.8 Å². The fourth-order valence-electron chi connectivity index (χ4n) is 7.82. The first-order valence-corrected chi connectivity index (χ1v) is 19.1. The quantitative estimate of drug-likeness (QED) is 0.104. The van der Waals surface area contributed by atoms with Crippen LogP contribution in [-0.4, -0.2) is 89.1 Å². The van der Waals surface area contributed by atoms with Gasteiger partial charge in [0.25, 0.3) is 5.56 Å². The van der Waals surface area contributed by atoms with Gasteiger partial charge >= 0.3 is 0 Å². The summed E-state index contributed by atoms with van der Waals surface area (Å²) in [5, 5.41) is -0.418. The maximum Gasteiger partial charge on any atom is 0.281 e. The second-order valence-corrected chi connectivity index (χ2v) is 16.2. The minimum atomic E-state index is -1.01. The van der Waals surface area contributed by atoms with Crippen molar-refractivity contribution in [2.75, 3.05) is 62.4 Å². The van der Waals surface area contributed by atoms with Crippen LogP contribution in [0.15, 0.2) is 35.9 Å². The molecular formula is C39H45Cl3F2N8O2. The molecule has 15 heteroatoms. The second kappa shape index (κ2) is 15.3. The van der Waals surface area contributed by atoms with Crippen LogP contribution in [0.4, 0.5) is 25.8 Å². The van der Waals surface area contributed by atoms with Crippen molar-refractivity contribution in [3.8, 4) is 16.8 Å². The van der Waals surface area contributed by atoms with Crippen molar-refractivity contribution in [3.05, 3.63) is 79.6 Å². The number of carbonyl (C=O) groups excluding carboxylic acids is 1. The molecule has 2 aliphatic heterocycles. The molecule has 6 rings (SSSR count). The molecule has 2 aromatic carbocycles. The molecular weight excluding hydrogens is 757 g/mol. The standard InChI is InChI=1S/C39H45Cl3F2N8O2/c1-9-27(53)50-17-22-16-49(12-10-11-48(7)8)38-36(51(22)15-21(50)6)23-13-26(43)28(29-31(44)24(40)14-25(41)32(29)45)30(42)35(23)52(39(38)54)37-33(19(2)3)46-18-47-34(37)20(4)5/h9,13-14,18-22H,1,10-12,15-17,45H2,2-8H3. The van der Waals surface area contributed by atoms with Gasteiger partial charge in [0.05, 0.1) is 55.1 Å². The van der Waals surface area contributed by atoms with E-state index in [1.54, 1.807) is 4.90 Å². The molecule has 2 N–H and O–H groups in total. The number of fused-ring (bicyclic) bond motifs is 5. The summed E-state index contributed by atoms with van der Waals surface area (Å²) in [6.07, 6.45) is 3.49. The molecule has 1 amide bonds. The molecule has 2 unspecified atom stereocenters. The van der Waals surface area contributed by atoms with Crippen LogP contribution < -0.4 is 21.1 Å². The van der Waals surface area contributed by atoms with Gasteiger partial charge in [0, 0.05) is 48.7 Å². The molecule has 0 saturated carbocycles. The number of hydrogen-bond donors (Lipinski definition) is 1. The number of piperazine rings is 1. The Labute approximate surface area is 329 Å². The highest BCUT2D eigenvalue weighted by Crippen LogP contribution is 2.49. The van der Waals surface area contributed by atoms with E-state index in [9.17, 15) is 4.79 Å². The van der Waals surface area contributed by atoms with Crippen molar-refractivity contribution in [3.63, 3.8) is 0 Å². The van der Waals surface area contributed by atoms with Gasteiger partial charge in [-0.15, -0.1) is 0 Å². The Morgan fingerprint density at radius 3 is 2.24 bits per heavy atom. The lowest BCUT2D eigenvalue weighted by molar-refractivity contribution is -0.128. The molecule has 54 heavy (non-hydrogen) atoms. The Morgan fingerprint density at radius 1 is 1.00 bits per heavy atom. The Bertz CT molecular complexity index is 2170. The maximum absolute atomic E-state index is 17.0. The third-order valence-corrected chi connectivity index (χ3v) is 11.3. The van der Waals surface area contributed by atoms with Crippen LogP contribution in [-0.2, 0) is 4.79 Å². The van der Waals surface area contributed by atoms with Crippen LogP contribution in [0.3, 0.4) is 0 Å². The molecule has 2 aromatic heterocycles. The topological polar surface area (TPSA) is 104 Å². The first-order chi connectivity index (χ1) is 25.5. The minimum absolute atomic E-state index is 0.0902. The van der Waals surface area contributed by atoms with Gasteiger partial charge in [-0.05, 0) is 64.0 Å². The lowest BCUT2D eigenvalue weighted by atomic mass is 9.94. The highest BCUT2D eigenvalue weighted by molar-refractivity contribution is 6.40. The fraction of sp³-hybridized carbons (Fsp3) is 0.436. The second-order valence-electron chi connectivity index (χ2n) is 15.0. The molecule has 1 fully saturated rings. The average Bonchev–Trinajstić information content (AvgIpc) is 3.11.